The third-order valence-electron chi connectivity index (χ3n) is 3.96. The first-order chi connectivity index (χ1) is 8.53. The first-order valence-corrected chi connectivity index (χ1v) is 6.34. The van der Waals surface area contributed by atoms with E-state index in [0.717, 1.165) is 24.2 Å². The van der Waals surface area contributed by atoms with Gasteiger partial charge in [-0.3, -0.25) is 19.8 Å². The number of carbonyl (C=O) groups is 3. The van der Waals surface area contributed by atoms with Gasteiger partial charge in [-0.15, -0.1) is 6.58 Å². The van der Waals surface area contributed by atoms with Crippen LogP contribution >= 0.6 is 0 Å². The predicted octanol–water partition coefficient (Wildman–Crippen LogP) is 1.59. The van der Waals surface area contributed by atoms with Gasteiger partial charge in [0.1, 0.15) is 5.41 Å². The highest BCUT2D eigenvalue weighted by Gasteiger charge is 2.54. The van der Waals surface area contributed by atoms with Crippen LogP contribution in [-0.4, -0.2) is 28.8 Å². The van der Waals surface area contributed by atoms with Crippen LogP contribution < -0.4 is 5.32 Å². The topological polar surface area (TPSA) is 66.5 Å². The lowest BCUT2D eigenvalue weighted by Gasteiger charge is -2.42. The molecular formula is C13H18N2O3. The molecule has 1 spiro atoms. The van der Waals surface area contributed by atoms with E-state index in [9.17, 15) is 14.4 Å². The van der Waals surface area contributed by atoms with Crippen LogP contribution in [0.5, 0.6) is 0 Å². The molecule has 0 radical (unpaired) electrons. The van der Waals surface area contributed by atoms with E-state index in [0.29, 0.717) is 12.8 Å². The standard InChI is InChI=1S/C13H18N2O3/c1-3-9(2)15-11(17)13(7-5-4-6-8-13)10(16)14-12(15)18/h3,9H,1,4-8H2,2H3,(H,14,16,18). The molecule has 0 bridgehead atoms. The van der Waals surface area contributed by atoms with Gasteiger partial charge in [0, 0.05) is 0 Å². The van der Waals surface area contributed by atoms with Gasteiger partial charge in [-0.2, -0.15) is 0 Å². The van der Waals surface area contributed by atoms with Crippen LogP contribution in [0.1, 0.15) is 39.0 Å². The van der Waals surface area contributed by atoms with Crippen molar-refractivity contribution < 1.29 is 14.4 Å². The van der Waals surface area contributed by atoms with Gasteiger partial charge >= 0.3 is 6.03 Å². The molecule has 1 unspecified atom stereocenters. The quantitative estimate of drug-likeness (QED) is 0.598. The van der Waals surface area contributed by atoms with Crippen LogP contribution in [0.3, 0.4) is 0 Å². The summed E-state index contributed by atoms with van der Waals surface area (Å²) in [6.45, 7) is 5.32. The molecule has 1 atom stereocenters. The molecule has 1 N–H and O–H groups in total. The molecule has 2 fully saturated rings. The van der Waals surface area contributed by atoms with Gasteiger partial charge < -0.3 is 0 Å². The Labute approximate surface area is 106 Å². The van der Waals surface area contributed by atoms with Crippen LogP contribution in [0, 0.1) is 5.41 Å². The predicted molar refractivity (Wildman–Crippen MR) is 65.6 cm³/mol. The number of barbiturate groups is 1. The van der Waals surface area contributed by atoms with Crippen molar-refractivity contribution in [3.63, 3.8) is 0 Å². The fourth-order valence-electron chi connectivity index (χ4n) is 2.77. The zero-order valence-corrected chi connectivity index (χ0v) is 10.6. The van der Waals surface area contributed by atoms with Crippen molar-refractivity contribution in [2.45, 2.75) is 45.1 Å². The van der Waals surface area contributed by atoms with E-state index in [1.807, 2.05) is 0 Å². The molecule has 18 heavy (non-hydrogen) atoms. The second-order valence-electron chi connectivity index (χ2n) is 5.05. The number of amides is 4. The van der Waals surface area contributed by atoms with Crippen molar-refractivity contribution >= 4 is 17.8 Å². The maximum atomic E-state index is 12.5. The minimum absolute atomic E-state index is 0.358. The maximum absolute atomic E-state index is 12.5. The second-order valence-corrected chi connectivity index (χ2v) is 5.05. The minimum Gasteiger partial charge on any atom is -0.277 e. The van der Waals surface area contributed by atoms with Crippen molar-refractivity contribution in [2.75, 3.05) is 0 Å². The Kier molecular flexibility index (Phi) is 3.24. The van der Waals surface area contributed by atoms with Gasteiger partial charge in [-0.25, -0.2) is 4.79 Å². The molecule has 2 rings (SSSR count). The second kappa shape index (κ2) is 4.55. The van der Waals surface area contributed by atoms with E-state index in [-0.39, 0.29) is 5.91 Å². The summed E-state index contributed by atoms with van der Waals surface area (Å²) in [5.41, 5.74) is -1.02. The molecule has 2 aliphatic rings. The lowest BCUT2D eigenvalue weighted by Crippen LogP contribution is -2.65. The fourth-order valence-corrected chi connectivity index (χ4v) is 2.77. The monoisotopic (exact) mass is 250 g/mol. The van der Waals surface area contributed by atoms with Gasteiger partial charge in [-0.1, -0.05) is 25.3 Å². The normalized spacial score (nSPS) is 24.9. The Hall–Kier alpha value is -1.65. The number of rotatable bonds is 2. The summed E-state index contributed by atoms with van der Waals surface area (Å²) in [6, 6.07) is -1.03. The molecule has 1 saturated carbocycles. The Balaban J connectivity index is 2.36. The number of imide groups is 2. The maximum Gasteiger partial charge on any atom is 0.331 e. The molecule has 0 aromatic carbocycles. The van der Waals surface area contributed by atoms with Crippen molar-refractivity contribution in [2.24, 2.45) is 5.41 Å². The van der Waals surface area contributed by atoms with E-state index in [2.05, 4.69) is 11.9 Å². The highest BCUT2D eigenvalue weighted by Crippen LogP contribution is 2.40. The largest absolute Gasteiger partial charge is 0.331 e. The number of hydrogen-bond donors (Lipinski definition) is 1. The summed E-state index contributed by atoms with van der Waals surface area (Å²) in [4.78, 5) is 37.5. The van der Waals surface area contributed by atoms with E-state index in [4.69, 9.17) is 0 Å². The molecule has 5 heteroatoms. The van der Waals surface area contributed by atoms with Crippen molar-refractivity contribution in [3.05, 3.63) is 12.7 Å². The number of hydrogen-bond acceptors (Lipinski definition) is 3. The molecule has 0 aromatic rings. The molecule has 0 aromatic heterocycles. The molecular weight excluding hydrogens is 232 g/mol. The van der Waals surface area contributed by atoms with Crippen LogP contribution in [-0.2, 0) is 9.59 Å². The third-order valence-corrected chi connectivity index (χ3v) is 3.96. The number of carbonyl (C=O) groups excluding carboxylic acids is 3. The first-order valence-electron chi connectivity index (χ1n) is 6.34. The third kappa shape index (κ3) is 1.74. The first kappa shape index (κ1) is 12.8. The zero-order chi connectivity index (χ0) is 13.3. The lowest BCUT2D eigenvalue weighted by molar-refractivity contribution is -0.154. The minimum atomic E-state index is -1.02. The van der Waals surface area contributed by atoms with E-state index in [1.54, 1.807) is 6.92 Å². The summed E-state index contributed by atoms with van der Waals surface area (Å²) in [5, 5.41) is 2.32. The summed E-state index contributed by atoms with van der Waals surface area (Å²) in [6.07, 6.45) is 5.33. The number of nitrogens with one attached hydrogen (secondary N) is 1. The summed E-state index contributed by atoms with van der Waals surface area (Å²) in [7, 11) is 0. The average molecular weight is 250 g/mol. The molecule has 1 aliphatic heterocycles. The van der Waals surface area contributed by atoms with Crippen molar-refractivity contribution in [3.8, 4) is 0 Å². The van der Waals surface area contributed by atoms with E-state index >= 15 is 0 Å². The van der Waals surface area contributed by atoms with Crippen molar-refractivity contribution in [1.29, 1.82) is 0 Å². The van der Waals surface area contributed by atoms with E-state index in [1.165, 1.54) is 6.08 Å². The molecule has 1 heterocycles. The Bertz CT molecular complexity index is 410. The zero-order valence-electron chi connectivity index (χ0n) is 10.6. The fraction of sp³-hybridized carbons (Fsp3) is 0.615. The Morgan fingerprint density at radius 3 is 2.44 bits per heavy atom. The SMILES string of the molecule is C=CC(C)N1C(=O)NC(=O)C2(CCCCC2)C1=O. The Morgan fingerprint density at radius 1 is 1.28 bits per heavy atom. The van der Waals surface area contributed by atoms with Crippen molar-refractivity contribution in [1.82, 2.24) is 10.2 Å². The van der Waals surface area contributed by atoms with Crippen LogP contribution in [0.15, 0.2) is 12.7 Å². The van der Waals surface area contributed by atoms with Gasteiger partial charge in [-0.05, 0) is 19.8 Å². The molecule has 98 valence electrons. The van der Waals surface area contributed by atoms with Gasteiger partial charge in [0.25, 0.3) is 0 Å². The van der Waals surface area contributed by atoms with Gasteiger partial charge in [0.05, 0.1) is 6.04 Å². The number of nitrogens with zero attached hydrogens (tertiary/aromatic N) is 1. The summed E-state index contributed by atoms with van der Waals surface area (Å²) >= 11 is 0. The molecule has 4 amide bonds. The number of urea groups is 1. The highest BCUT2D eigenvalue weighted by molar-refractivity contribution is 6.19. The summed E-state index contributed by atoms with van der Waals surface area (Å²) < 4.78 is 0. The highest BCUT2D eigenvalue weighted by atomic mass is 16.2. The van der Waals surface area contributed by atoms with Gasteiger partial charge in [0.2, 0.25) is 11.8 Å². The Morgan fingerprint density at radius 2 is 1.89 bits per heavy atom. The lowest BCUT2D eigenvalue weighted by atomic mass is 9.71. The van der Waals surface area contributed by atoms with E-state index < -0.39 is 23.4 Å². The van der Waals surface area contributed by atoms with Crippen LogP contribution in [0.25, 0.3) is 0 Å². The van der Waals surface area contributed by atoms with Crippen LogP contribution in [0.2, 0.25) is 0 Å². The average Bonchev–Trinajstić information content (AvgIpc) is 2.37. The van der Waals surface area contributed by atoms with Gasteiger partial charge in [0.15, 0.2) is 0 Å². The van der Waals surface area contributed by atoms with Crippen LogP contribution in [0.4, 0.5) is 4.79 Å². The molecule has 1 saturated heterocycles. The molecule has 5 nitrogen and oxygen atoms in total. The summed E-state index contributed by atoms with van der Waals surface area (Å²) in [5.74, 6) is -0.784. The smallest absolute Gasteiger partial charge is 0.277 e. The molecule has 1 aliphatic carbocycles.